The second-order valence-corrected chi connectivity index (χ2v) is 5.68. The van der Waals surface area contributed by atoms with E-state index in [0.717, 1.165) is 38.1 Å². The number of aliphatic hydroxyl groups excluding tert-OH is 1. The van der Waals surface area contributed by atoms with Crippen molar-refractivity contribution >= 4 is 11.8 Å². The molecular formula is C15H18N2OS. The molecule has 0 unspecified atom stereocenters. The van der Waals surface area contributed by atoms with Gasteiger partial charge in [-0.15, -0.1) is 0 Å². The molecule has 2 rings (SSSR count). The zero-order chi connectivity index (χ0) is 14.0. The molecule has 0 radical (unpaired) electrons. The summed E-state index contributed by atoms with van der Waals surface area (Å²) in [6.45, 7) is 8.08. The van der Waals surface area contributed by atoms with E-state index in [1.54, 1.807) is 0 Å². The molecule has 0 fully saturated rings. The summed E-state index contributed by atoms with van der Waals surface area (Å²) in [6.07, 6.45) is 0. The Labute approximate surface area is 118 Å². The van der Waals surface area contributed by atoms with Crippen molar-refractivity contribution in [2.24, 2.45) is 0 Å². The molecule has 0 saturated heterocycles. The Hall–Kier alpha value is -1.39. The molecule has 100 valence electrons. The molecule has 1 heterocycles. The fourth-order valence-electron chi connectivity index (χ4n) is 1.82. The molecule has 0 saturated carbocycles. The average Bonchev–Trinajstić information content (AvgIpc) is 2.38. The van der Waals surface area contributed by atoms with E-state index in [1.165, 1.54) is 11.8 Å². The topological polar surface area (TPSA) is 46.0 Å². The van der Waals surface area contributed by atoms with Crippen LogP contribution in [0.4, 0.5) is 0 Å². The third-order valence-corrected chi connectivity index (χ3v) is 4.18. The van der Waals surface area contributed by atoms with Crippen LogP contribution in [0.25, 0.3) is 0 Å². The number of aromatic nitrogens is 2. The van der Waals surface area contributed by atoms with Gasteiger partial charge in [0, 0.05) is 16.3 Å². The molecule has 19 heavy (non-hydrogen) atoms. The van der Waals surface area contributed by atoms with E-state index in [-0.39, 0.29) is 6.61 Å². The number of rotatable bonds is 3. The normalized spacial score (nSPS) is 10.8. The van der Waals surface area contributed by atoms with Gasteiger partial charge in [-0.05, 0) is 56.7 Å². The first-order valence-corrected chi connectivity index (χ1v) is 7.03. The Morgan fingerprint density at radius 2 is 1.68 bits per heavy atom. The van der Waals surface area contributed by atoms with Crippen LogP contribution < -0.4 is 0 Å². The molecule has 1 N–H and O–H groups in total. The van der Waals surface area contributed by atoms with Crippen LogP contribution in [0.5, 0.6) is 0 Å². The number of aryl methyl sites for hydroxylation is 3. The highest BCUT2D eigenvalue weighted by Gasteiger charge is 2.09. The number of benzene rings is 1. The quantitative estimate of drug-likeness (QED) is 0.872. The van der Waals surface area contributed by atoms with Crippen LogP contribution in [-0.2, 0) is 6.61 Å². The number of hydrogen-bond acceptors (Lipinski definition) is 4. The third kappa shape index (κ3) is 3.14. The summed E-state index contributed by atoms with van der Waals surface area (Å²) in [5.41, 5.74) is 5.21. The van der Waals surface area contributed by atoms with Gasteiger partial charge in [0.05, 0.1) is 6.61 Å². The van der Waals surface area contributed by atoms with Gasteiger partial charge >= 0.3 is 0 Å². The van der Waals surface area contributed by atoms with Crippen molar-refractivity contribution in [1.82, 2.24) is 9.97 Å². The molecule has 4 heteroatoms. The van der Waals surface area contributed by atoms with Gasteiger partial charge in [0.25, 0.3) is 0 Å². The van der Waals surface area contributed by atoms with Crippen molar-refractivity contribution in [3.05, 3.63) is 46.3 Å². The van der Waals surface area contributed by atoms with Crippen molar-refractivity contribution < 1.29 is 5.11 Å². The lowest BCUT2D eigenvalue weighted by Gasteiger charge is -2.09. The van der Waals surface area contributed by atoms with Gasteiger partial charge in [-0.3, -0.25) is 0 Å². The smallest absolute Gasteiger partial charge is 0.192 e. The molecule has 0 aliphatic carbocycles. The molecule has 0 aliphatic heterocycles. The van der Waals surface area contributed by atoms with Crippen LogP contribution in [0, 0.1) is 27.7 Å². The van der Waals surface area contributed by atoms with E-state index in [0.29, 0.717) is 0 Å². The van der Waals surface area contributed by atoms with Crippen LogP contribution >= 0.6 is 11.8 Å². The highest BCUT2D eigenvalue weighted by Crippen LogP contribution is 2.29. The highest BCUT2D eigenvalue weighted by molar-refractivity contribution is 7.99. The predicted octanol–water partition coefficient (Wildman–Crippen LogP) is 3.35. The molecule has 0 atom stereocenters. The second-order valence-electron chi connectivity index (χ2n) is 4.67. The molecule has 3 nitrogen and oxygen atoms in total. The summed E-state index contributed by atoms with van der Waals surface area (Å²) in [5.74, 6) is 0. The van der Waals surface area contributed by atoms with Crippen molar-refractivity contribution in [2.45, 2.75) is 44.4 Å². The maximum atomic E-state index is 9.42. The largest absolute Gasteiger partial charge is 0.392 e. The minimum absolute atomic E-state index is 0.0356. The first kappa shape index (κ1) is 14.0. The standard InChI is InChI=1S/C15H18N2OS/c1-9-5-6-14(13(7-9)8-18)19-15-16-11(3)10(2)12(4)17-15/h5-7,18H,8H2,1-4H3. The molecule has 1 aromatic carbocycles. The molecule has 1 aromatic heterocycles. The predicted molar refractivity (Wildman–Crippen MR) is 77.5 cm³/mol. The highest BCUT2D eigenvalue weighted by atomic mass is 32.2. The van der Waals surface area contributed by atoms with Crippen molar-refractivity contribution in [2.75, 3.05) is 0 Å². The Balaban J connectivity index is 2.36. The maximum absolute atomic E-state index is 9.42. The Morgan fingerprint density at radius 1 is 1.05 bits per heavy atom. The van der Waals surface area contributed by atoms with E-state index >= 15 is 0 Å². The first-order valence-electron chi connectivity index (χ1n) is 6.21. The van der Waals surface area contributed by atoms with E-state index in [4.69, 9.17) is 0 Å². The second kappa shape index (κ2) is 5.72. The fourth-order valence-corrected chi connectivity index (χ4v) is 2.77. The summed E-state index contributed by atoms with van der Waals surface area (Å²) < 4.78 is 0. The summed E-state index contributed by atoms with van der Waals surface area (Å²) in [4.78, 5) is 10.0. The van der Waals surface area contributed by atoms with Crippen LogP contribution in [0.3, 0.4) is 0 Å². The zero-order valence-electron chi connectivity index (χ0n) is 11.7. The van der Waals surface area contributed by atoms with Gasteiger partial charge < -0.3 is 5.11 Å². The first-order chi connectivity index (χ1) is 9.01. The van der Waals surface area contributed by atoms with Gasteiger partial charge in [-0.25, -0.2) is 9.97 Å². The number of hydrogen-bond donors (Lipinski definition) is 1. The van der Waals surface area contributed by atoms with E-state index < -0.39 is 0 Å². The van der Waals surface area contributed by atoms with E-state index in [2.05, 4.69) is 9.97 Å². The number of aliphatic hydroxyl groups is 1. The van der Waals surface area contributed by atoms with E-state index in [9.17, 15) is 5.11 Å². The van der Waals surface area contributed by atoms with Gasteiger partial charge in [0.1, 0.15) is 0 Å². The Kier molecular flexibility index (Phi) is 4.22. The molecule has 0 aliphatic rings. The molecule has 2 aromatic rings. The molecule has 0 bridgehead atoms. The van der Waals surface area contributed by atoms with Crippen LogP contribution in [-0.4, -0.2) is 15.1 Å². The summed E-state index contributed by atoms with van der Waals surface area (Å²) >= 11 is 1.50. The summed E-state index contributed by atoms with van der Waals surface area (Å²) in [6, 6.07) is 6.05. The van der Waals surface area contributed by atoms with Gasteiger partial charge in [-0.2, -0.15) is 0 Å². The van der Waals surface area contributed by atoms with Crippen molar-refractivity contribution in [1.29, 1.82) is 0 Å². The minimum Gasteiger partial charge on any atom is -0.392 e. The number of nitrogens with zero attached hydrogens (tertiary/aromatic N) is 2. The zero-order valence-corrected chi connectivity index (χ0v) is 12.5. The lowest BCUT2D eigenvalue weighted by molar-refractivity contribution is 0.279. The van der Waals surface area contributed by atoms with Crippen LogP contribution in [0.1, 0.15) is 28.1 Å². The molecular weight excluding hydrogens is 256 g/mol. The van der Waals surface area contributed by atoms with Gasteiger partial charge in [-0.1, -0.05) is 17.7 Å². The summed E-state index contributed by atoms with van der Waals surface area (Å²) in [5, 5.41) is 10.2. The average molecular weight is 274 g/mol. The van der Waals surface area contributed by atoms with Crippen molar-refractivity contribution in [3.63, 3.8) is 0 Å². The monoisotopic (exact) mass is 274 g/mol. The van der Waals surface area contributed by atoms with Gasteiger partial charge in [0.15, 0.2) is 5.16 Å². The Morgan fingerprint density at radius 3 is 2.26 bits per heavy atom. The third-order valence-electron chi connectivity index (χ3n) is 3.20. The van der Waals surface area contributed by atoms with Crippen molar-refractivity contribution in [3.8, 4) is 0 Å². The van der Waals surface area contributed by atoms with Crippen LogP contribution in [0.15, 0.2) is 28.3 Å². The lowest BCUT2D eigenvalue weighted by atomic mass is 10.1. The van der Waals surface area contributed by atoms with E-state index in [1.807, 2.05) is 45.9 Å². The minimum atomic E-state index is 0.0356. The van der Waals surface area contributed by atoms with Crippen LogP contribution in [0.2, 0.25) is 0 Å². The maximum Gasteiger partial charge on any atom is 0.192 e. The summed E-state index contributed by atoms with van der Waals surface area (Å²) in [7, 11) is 0. The SMILES string of the molecule is Cc1ccc(Sc2nc(C)c(C)c(C)n2)c(CO)c1. The Bertz CT molecular complexity index is 588. The van der Waals surface area contributed by atoms with Gasteiger partial charge in [0.2, 0.25) is 0 Å². The fraction of sp³-hybridized carbons (Fsp3) is 0.333. The lowest BCUT2D eigenvalue weighted by Crippen LogP contribution is -1.98. The molecule has 0 spiro atoms. The molecule has 0 amide bonds.